The Labute approximate surface area is 155 Å². The third-order valence-corrected chi connectivity index (χ3v) is 6.70. The zero-order chi connectivity index (χ0) is 18.1. The number of likely N-dealkylation sites (tertiary alicyclic amines) is 1. The van der Waals surface area contributed by atoms with Crippen LogP contribution in [0.1, 0.15) is 37.7 Å². The Morgan fingerprint density at radius 3 is 2.69 bits per heavy atom. The highest BCUT2D eigenvalue weighted by Gasteiger charge is 2.47. The molecule has 4 rings (SSSR count). The number of fused-ring (bicyclic) bond motifs is 4. The Bertz CT molecular complexity index is 621. The fraction of sp³-hybridized carbons (Fsp3) is 0.667. The molecule has 1 aromatic carbocycles. The summed E-state index contributed by atoms with van der Waals surface area (Å²) in [4.78, 5) is 17.4. The van der Waals surface area contributed by atoms with E-state index in [1.54, 1.807) is 12.1 Å². The number of carbonyl (C=O) groups is 1. The van der Waals surface area contributed by atoms with E-state index < -0.39 is 0 Å². The number of rotatable bonds is 4. The SMILES string of the molecule is O=C(CCc1ccc(F)cc1)N1C[C@H]2C[C@@H](C1)[C@H](CO)N1CCCC[C@@H]21. The number of nitrogens with zero attached hydrogens (tertiary/aromatic N) is 2. The van der Waals surface area contributed by atoms with Crippen LogP contribution in [-0.2, 0) is 11.2 Å². The first-order valence-electron chi connectivity index (χ1n) is 10.0. The summed E-state index contributed by atoms with van der Waals surface area (Å²) in [5.74, 6) is 0.899. The van der Waals surface area contributed by atoms with Crippen molar-refractivity contribution >= 4 is 5.91 Å². The number of benzene rings is 1. The molecule has 0 aromatic heterocycles. The summed E-state index contributed by atoms with van der Waals surface area (Å²) in [7, 11) is 0. The predicted molar refractivity (Wildman–Crippen MR) is 98.1 cm³/mol. The van der Waals surface area contributed by atoms with Crippen LogP contribution in [0.4, 0.5) is 4.39 Å². The van der Waals surface area contributed by atoms with Crippen LogP contribution < -0.4 is 0 Å². The van der Waals surface area contributed by atoms with Gasteiger partial charge in [0.15, 0.2) is 0 Å². The van der Waals surface area contributed by atoms with Crippen LogP contribution in [0, 0.1) is 17.7 Å². The summed E-state index contributed by atoms with van der Waals surface area (Å²) in [6.45, 7) is 2.93. The van der Waals surface area contributed by atoms with E-state index in [4.69, 9.17) is 0 Å². The molecule has 4 nitrogen and oxygen atoms in total. The van der Waals surface area contributed by atoms with Gasteiger partial charge in [-0.15, -0.1) is 0 Å². The Morgan fingerprint density at radius 1 is 1.15 bits per heavy atom. The number of piperidine rings is 3. The van der Waals surface area contributed by atoms with Crippen LogP contribution in [0.5, 0.6) is 0 Å². The molecule has 0 spiro atoms. The number of carbonyl (C=O) groups excluding carboxylic acids is 1. The Balaban J connectivity index is 1.40. The van der Waals surface area contributed by atoms with Crippen molar-refractivity contribution < 1.29 is 14.3 Å². The van der Waals surface area contributed by atoms with Crippen molar-refractivity contribution in [1.29, 1.82) is 0 Å². The van der Waals surface area contributed by atoms with Gasteiger partial charge in [-0.2, -0.15) is 0 Å². The second-order valence-corrected chi connectivity index (χ2v) is 8.23. The predicted octanol–water partition coefficient (Wildman–Crippen LogP) is 2.45. The Kier molecular flexibility index (Phi) is 5.28. The molecule has 0 aliphatic carbocycles. The monoisotopic (exact) mass is 360 g/mol. The summed E-state index contributed by atoms with van der Waals surface area (Å²) >= 11 is 0. The fourth-order valence-electron chi connectivity index (χ4n) is 5.42. The molecule has 3 heterocycles. The molecule has 3 aliphatic rings. The van der Waals surface area contributed by atoms with Crippen LogP contribution >= 0.6 is 0 Å². The smallest absolute Gasteiger partial charge is 0.222 e. The van der Waals surface area contributed by atoms with Crippen LogP contribution in [0.25, 0.3) is 0 Å². The lowest BCUT2D eigenvalue weighted by Gasteiger charge is -2.56. The van der Waals surface area contributed by atoms with Crippen LogP contribution in [0.15, 0.2) is 24.3 Å². The molecular weight excluding hydrogens is 331 g/mol. The third kappa shape index (κ3) is 3.52. The molecule has 1 aromatic rings. The number of aliphatic hydroxyl groups is 1. The van der Waals surface area contributed by atoms with Gasteiger partial charge in [0.1, 0.15) is 5.82 Å². The summed E-state index contributed by atoms with van der Waals surface area (Å²) in [6, 6.07) is 7.17. The fourth-order valence-corrected chi connectivity index (χ4v) is 5.42. The maximum Gasteiger partial charge on any atom is 0.222 e. The standard InChI is InChI=1S/C21H29FN2O2/c22-18-7-4-15(5-8-18)6-9-21(26)23-12-16-11-17(13-23)20(14-25)24-10-2-1-3-19(16)24/h4-5,7-8,16-17,19-20,25H,1-3,6,9-14H2/t16-,17+,19+,20+/m1/s1. The summed E-state index contributed by atoms with van der Waals surface area (Å²) in [5, 5.41) is 9.97. The molecule has 142 valence electrons. The molecule has 0 saturated carbocycles. The molecule has 1 N–H and O–H groups in total. The number of hydrogen-bond donors (Lipinski definition) is 1. The first-order valence-corrected chi connectivity index (χ1v) is 10.0. The van der Waals surface area contributed by atoms with Gasteiger partial charge in [-0.1, -0.05) is 18.6 Å². The highest BCUT2D eigenvalue weighted by atomic mass is 19.1. The van der Waals surface area contributed by atoms with Gasteiger partial charge in [-0.05, 0) is 61.8 Å². The minimum atomic E-state index is -0.240. The van der Waals surface area contributed by atoms with Gasteiger partial charge < -0.3 is 10.0 Å². The van der Waals surface area contributed by atoms with Crippen molar-refractivity contribution in [3.63, 3.8) is 0 Å². The van der Waals surface area contributed by atoms with Gasteiger partial charge in [0.2, 0.25) is 5.91 Å². The molecule has 0 unspecified atom stereocenters. The summed E-state index contributed by atoms with van der Waals surface area (Å²) < 4.78 is 13.0. The van der Waals surface area contributed by atoms with Crippen molar-refractivity contribution in [1.82, 2.24) is 9.80 Å². The first-order chi connectivity index (χ1) is 12.7. The van der Waals surface area contributed by atoms with Crippen molar-refractivity contribution in [2.45, 2.75) is 50.6 Å². The number of amides is 1. The van der Waals surface area contributed by atoms with E-state index in [1.165, 1.54) is 31.4 Å². The minimum absolute atomic E-state index is 0.199. The third-order valence-electron chi connectivity index (χ3n) is 6.70. The van der Waals surface area contributed by atoms with Crippen molar-refractivity contribution in [3.8, 4) is 0 Å². The number of halogens is 1. The second-order valence-electron chi connectivity index (χ2n) is 8.23. The largest absolute Gasteiger partial charge is 0.395 e. The van der Waals surface area contributed by atoms with Gasteiger partial charge in [0, 0.05) is 31.6 Å². The zero-order valence-electron chi connectivity index (χ0n) is 15.3. The average Bonchev–Trinajstić information content (AvgIpc) is 2.67. The molecule has 0 radical (unpaired) electrons. The van der Waals surface area contributed by atoms with E-state index in [-0.39, 0.29) is 24.4 Å². The highest BCUT2D eigenvalue weighted by Crippen LogP contribution is 2.41. The number of aliphatic hydroxyl groups excluding tert-OH is 1. The molecule has 3 saturated heterocycles. The Morgan fingerprint density at radius 2 is 1.92 bits per heavy atom. The van der Waals surface area contributed by atoms with Gasteiger partial charge in [0.05, 0.1) is 6.61 Å². The maximum absolute atomic E-state index is 13.0. The van der Waals surface area contributed by atoms with E-state index in [9.17, 15) is 14.3 Å². The van der Waals surface area contributed by atoms with E-state index in [2.05, 4.69) is 4.90 Å². The van der Waals surface area contributed by atoms with Crippen LogP contribution in [0.2, 0.25) is 0 Å². The quantitative estimate of drug-likeness (QED) is 0.897. The lowest BCUT2D eigenvalue weighted by Crippen LogP contribution is -2.65. The zero-order valence-corrected chi connectivity index (χ0v) is 15.3. The van der Waals surface area contributed by atoms with Gasteiger partial charge >= 0.3 is 0 Å². The molecule has 4 atom stereocenters. The molecule has 1 amide bonds. The lowest BCUT2D eigenvalue weighted by atomic mass is 9.72. The van der Waals surface area contributed by atoms with E-state index in [1.807, 2.05) is 4.90 Å². The van der Waals surface area contributed by atoms with E-state index in [0.29, 0.717) is 30.7 Å². The topological polar surface area (TPSA) is 43.8 Å². The molecule has 3 fully saturated rings. The normalized spacial score (nSPS) is 31.5. The van der Waals surface area contributed by atoms with Crippen molar-refractivity contribution in [3.05, 3.63) is 35.6 Å². The Hall–Kier alpha value is -1.46. The number of hydrogen-bond acceptors (Lipinski definition) is 3. The summed E-state index contributed by atoms with van der Waals surface area (Å²) in [6.07, 6.45) is 5.97. The highest BCUT2D eigenvalue weighted by molar-refractivity contribution is 5.76. The average molecular weight is 360 g/mol. The molecule has 2 bridgehead atoms. The van der Waals surface area contributed by atoms with E-state index in [0.717, 1.165) is 31.6 Å². The minimum Gasteiger partial charge on any atom is -0.395 e. The molecule has 3 aliphatic heterocycles. The van der Waals surface area contributed by atoms with Crippen LogP contribution in [0.3, 0.4) is 0 Å². The van der Waals surface area contributed by atoms with E-state index >= 15 is 0 Å². The number of aryl methyl sites for hydroxylation is 1. The second kappa shape index (κ2) is 7.65. The molecule has 26 heavy (non-hydrogen) atoms. The molecular formula is C21H29FN2O2. The summed E-state index contributed by atoms with van der Waals surface area (Å²) in [5.41, 5.74) is 1.00. The molecule has 5 heteroatoms. The first kappa shape index (κ1) is 17.9. The van der Waals surface area contributed by atoms with Gasteiger partial charge in [-0.3, -0.25) is 9.69 Å². The van der Waals surface area contributed by atoms with Crippen molar-refractivity contribution in [2.75, 3.05) is 26.2 Å². The van der Waals surface area contributed by atoms with Gasteiger partial charge in [0.25, 0.3) is 0 Å². The van der Waals surface area contributed by atoms with Gasteiger partial charge in [-0.25, -0.2) is 4.39 Å². The maximum atomic E-state index is 13.0. The van der Waals surface area contributed by atoms with Crippen molar-refractivity contribution in [2.24, 2.45) is 11.8 Å². The van der Waals surface area contributed by atoms with Crippen LogP contribution in [-0.4, -0.2) is 59.1 Å². The lowest BCUT2D eigenvalue weighted by molar-refractivity contribution is -0.142.